The molecule has 0 bridgehead atoms. The van der Waals surface area contributed by atoms with Crippen molar-refractivity contribution in [3.05, 3.63) is 34.9 Å². The van der Waals surface area contributed by atoms with Gasteiger partial charge in [0.05, 0.1) is 0 Å². The third-order valence-electron chi connectivity index (χ3n) is 5.09. The van der Waals surface area contributed by atoms with Gasteiger partial charge in [0.25, 0.3) is 0 Å². The first-order valence-corrected chi connectivity index (χ1v) is 7.55. The predicted octanol–water partition coefficient (Wildman–Crippen LogP) is 3.77. The van der Waals surface area contributed by atoms with Crippen LogP contribution in [0.4, 0.5) is 0 Å². The predicted molar refractivity (Wildman–Crippen MR) is 76.9 cm³/mol. The Morgan fingerprint density at radius 1 is 1.06 bits per heavy atom. The molecule has 2 fully saturated rings. The van der Waals surface area contributed by atoms with E-state index in [-0.39, 0.29) is 0 Å². The van der Waals surface area contributed by atoms with Gasteiger partial charge in [-0.25, -0.2) is 0 Å². The van der Waals surface area contributed by atoms with Crippen molar-refractivity contribution in [3.63, 3.8) is 0 Å². The molecule has 1 heteroatoms. The highest BCUT2D eigenvalue weighted by atomic mass is 15.0. The minimum absolute atomic E-state index is 0.712. The molecule has 0 aromatic heterocycles. The number of aryl methyl sites for hydroxylation is 2. The molecule has 18 heavy (non-hydrogen) atoms. The maximum absolute atomic E-state index is 3.92. The zero-order valence-electron chi connectivity index (χ0n) is 11.7. The van der Waals surface area contributed by atoms with Gasteiger partial charge in [-0.05, 0) is 68.6 Å². The average molecular weight is 243 g/mol. The number of hydrogen-bond acceptors (Lipinski definition) is 1. The van der Waals surface area contributed by atoms with Gasteiger partial charge in [0, 0.05) is 12.1 Å². The van der Waals surface area contributed by atoms with E-state index < -0.39 is 0 Å². The van der Waals surface area contributed by atoms with Gasteiger partial charge in [-0.2, -0.15) is 0 Å². The van der Waals surface area contributed by atoms with Crippen LogP contribution in [0.3, 0.4) is 0 Å². The van der Waals surface area contributed by atoms with Crippen LogP contribution in [0.5, 0.6) is 0 Å². The lowest BCUT2D eigenvalue weighted by Crippen LogP contribution is -2.46. The maximum atomic E-state index is 3.92. The summed E-state index contributed by atoms with van der Waals surface area (Å²) in [6.45, 7) is 4.51. The van der Waals surface area contributed by atoms with Crippen molar-refractivity contribution in [1.82, 2.24) is 5.32 Å². The van der Waals surface area contributed by atoms with Crippen molar-refractivity contribution in [1.29, 1.82) is 0 Å². The van der Waals surface area contributed by atoms with Gasteiger partial charge >= 0.3 is 0 Å². The van der Waals surface area contributed by atoms with Crippen molar-refractivity contribution in [2.45, 2.75) is 64.5 Å². The van der Waals surface area contributed by atoms with Crippen LogP contribution in [-0.4, -0.2) is 12.1 Å². The third-order valence-corrected chi connectivity index (χ3v) is 5.09. The molecule has 2 aliphatic rings. The van der Waals surface area contributed by atoms with Gasteiger partial charge in [0.2, 0.25) is 0 Å². The lowest BCUT2D eigenvalue weighted by Gasteiger charge is -2.34. The summed E-state index contributed by atoms with van der Waals surface area (Å²) in [5.41, 5.74) is 4.50. The molecular weight excluding hydrogens is 218 g/mol. The van der Waals surface area contributed by atoms with Crippen LogP contribution in [-0.2, 0) is 6.42 Å². The highest BCUT2D eigenvalue weighted by Crippen LogP contribution is 2.34. The summed E-state index contributed by atoms with van der Waals surface area (Å²) in [4.78, 5) is 0. The summed E-state index contributed by atoms with van der Waals surface area (Å²) in [6, 6.07) is 8.22. The lowest BCUT2D eigenvalue weighted by atomic mass is 9.86. The van der Waals surface area contributed by atoms with Crippen molar-refractivity contribution >= 4 is 0 Å². The molecule has 1 aliphatic carbocycles. The first kappa shape index (κ1) is 12.2. The van der Waals surface area contributed by atoms with E-state index in [1.807, 2.05) is 0 Å². The van der Waals surface area contributed by atoms with Crippen molar-refractivity contribution in [2.75, 3.05) is 0 Å². The molecule has 1 aromatic rings. The fraction of sp³-hybridized carbons (Fsp3) is 0.647. The van der Waals surface area contributed by atoms with E-state index in [0.29, 0.717) is 6.04 Å². The molecule has 1 saturated carbocycles. The van der Waals surface area contributed by atoms with Gasteiger partial charge in [0.15, 0.2) is 0 Å². The van der Waals surface area contributed by atoms with Crippen molar-refractivity contribution in [2.24, 2.45) is 5.92 Å². The van der Waals surface area contributed by atoms with Crippen molar-refractivity contribution in [3.8, 4) is 0 Å². The highest BCUT2D eigenvalue weighted by Gasteiger charge is 2.33. The van der Waals surface area contributed by atoms with Crippen LogP contribution >= 0.6 is 0 Å². The maximum Gasteiger partial charge on any atom is 0.0110 e. The molecule has 1 N–H and O–H groups in total. The standard InChI is InChI=1S/C17H25N/c1-12-5-3-6-13(2)16(12)11-15-10-9-14-7-4-8-17(14)18-15/h3,5-6,14-15,17-18H,4,7-11H2,1-2H3. The number of benzene rings is 1. The van der Waals surface area contributed by atoms with Crippen LogP contribution in [0, 0.1) is 19.8 Å². The molecule has 1 nitrogen and oxygen atoms in total. The summed E-state index contributed by atoms with van der Waals surface area (Å²) in [6.07, 6.45) is 8.37. The minimum atomic E-state index is 0.712. The number of hydrogen-bond donors (Lipinski definition) is 1. The molecule has 1 saturated heterocycles. The third kappa shape index (κ3) is 2.33. The van der Waals surface area contributed by atoms with E-state index >= 15 is 0 Å². The van der Waals surface area contributed by atoms with E-state index in [9.17, 15) is 0 Å². The molecule has 1 aromatic carbocycles. The zero-order valence-corrected chi connectivity index (χ0v) is 11.7. The van der Waals surface area contributed by atoms with Gasteiger partial charge in [0.1, 0.15) is 0 Å². The van der Waals surface area contributed by atoms with E-state index in [1.165, 1.54) is 49.7 Å². The number of nitrogens with one attached hydrogen (secondary N) is 1. The zero-order chi connectivity index (χ0) is 12.5. The molecular formula is C17H25N. The second-order valence-electron chi connectivity index (χ2n) is 6.31. The molecule has 1 aliphatic heterocycles. The Labute approximate surface area is 111 Å². The Balaban J connectivity index is 1.69. The molecule has 3 atom stereocenters. The molecule has 0 radical (unpaired) electrons. The normalized spacial score (nSPS) is 31.3. The van der Waals surface area contributed by atoms with Gasteiger partial charge in [-0.15, -0.1) is 0 Å². The summed E-state index contributed by atoms with van der Waals surface area (Å²) < 4.78 is 0. The Bertz CT molecular complexity index is 403. The monoisotopic (exact) mass is 243 g/mol. The van der Waals surface area contributed by atoms with E-state index in [2.05, 4.69) is 37.4 Å². The molecule has 0 amide bonds. The second-order valence-corrected chi connectivity index (χ2v) is 6.31. The molecule has 98 valence electrons. The molecule has 3 unspecified atom stereocenters. The van der Waals surface area contributed by atoms with E-state index in [4.69, 9.17) is 0 Å². The summed E-state index contributed by atoms with van der Waals surface area (Å²) in [7, 11) is 0. The van der Waals surface area contributed by atoms with E-state index in [1.54, 1.807) is 5.56 Å². The van der Waals surface area contributed by atoms with Crippen LogP contribution in [0.15, 0.2) is 18.2 Å². The van der Waals surface area contributed by atoms with Gasteiger partial charge in [-0.3, -0.25) is 0 Å². The fourth-order valence-corrected chi connectivity index (χ4v) is 3.98. The smallest absolute Gasteiger partial charge is 0.0110 e. The van der Waals surface area contributed by atoms with Crippen LogP contribution in [0.25, 0.3) is 0 Å². The lowest BCUT2D eigenvalue weighted by molar-refractivity contribution is 0.257. The van der Waals surface area contributed by atoms with Gasteiger partial charge < -0.3 is 5.32 Å². The first-order chi connectivity index (χ1) is 8.74. The quantitative estimate of drug-likeness (QED) is 0.834. The largest absolute Gasteiger partial charge is 0.311 e. The summed E-state index contributed by atoms with van der Waals surface area (Å²) in [5.74, 6) is 0.985. The molecule has 1 heterocycles. The number of rotatable bonds is 2. The van der Waals surface area contributed by atoms with Gasteiger partial charge in [-0.1, -0.05) is 24.6 Å². The number of fused-ring (bicyclic) bond motifs is 1. The molecule has 0 spiro atoms. The second kappa shape index (κ2) is 5.05. The Hall–Kier alpha value is -0.820. The highest BCUT2D eigenvalue weighted by molar-refractivity contribution is 5.34. The average Bonchev–Trinajstić information content (AvgIpc) is 2.81. The Kier molecular flexibility index (Phi) is 3.43. The summed E-state index contributed by atoms with van der Waals surface area (Å²) >= 11 is 0. The molecule has 3 rings (SSSR count). The SMILES string of the molecule is Cc1cccc(C)c1CC1CCC2CCCC2N1. The number of piperidine rings is 1. The van der Waals surface area contributed by atoms with Crippen LogP contribution < -0.4 is 5.32 Å². The van der Waals surface area contributed by atoms with E-state index in [0.717, 1.165) is 12.0 Å². The topological polar surface area (TPSA) is 12.0 Å². The van der Waals surface area contributed by atoms with Crippen LogP contribution in [0.2, 0.25) is 0 Å². The first-order valence-electron chi connectivity index (χ1n) is 7.55. The van der Waals surface area contributed by atoms with Crippen LogP contribution in [0.1, 0.15) is 48.8 Å². The summed E-state index contributed by atoms with van der Waals surface area (Å²) in [5, 5.41) is 3.92. The Morgan fingerprint density at radius 2 is 1.83 bits per heavy atom. The van der Waals surface area contributed by atoms with Crippen molar-refractivity contribution < 1.29 is 0 Å². The fourth-order valence-electron chi connectivity index (χ4n) is 3.98. The minimum Gasteiger partial charge on any atom is -0.311 e. The Morgan fingerprint density at radius 3 is 2.61 bits per heavy atom.